The van der Waals surface area contributed by atoms with Gasteiger partial charge in [-0.05, 0) is 45.4 Å². The molecule has 2 rings (SSSR count). The van der Waals surface area contributed by atoms with Gasteiger partial charge in [0.2, 0.25) is 0 Å². The molecule has 0 aromatic carbocycles. The molecular weight excluding hydrogens is 198 g/mol. The number of nitrogens with two attached hydrogens (primary N) is 1. The molecule has 2 aliphatic rings. The van der Waals surface area contributed by atoms with E-state index in [1.54, 1.807) is 0 Å². The molecule has 0 saturated carbocycles. The van der Waals surface area contributed by atoms with Gasteiger partial charge >= 0.3 is 0 Å². The molecule has 2 N–H and O–H groups in total. The van der Waals surface area contributed by atoms with Crippen molar-refractivity contribution in [3.05, 3.63) is 0 Å². The highest BCUT2D eigenvalue weighted by molar-refractivity contribution is 4.90. The summed E-state index contributed by atoms with van der Waals surface area (Å²) in [6.07, 6.45) is 6.74. The molecule has 2 atom stereocenters. The number of likely N-dealkylation sites (tertiary alicyclic amines) is 2. The van der Waals surface area contributed by atoms with E-state index in [0.717, 1.165) is 0 Å². The van der Waals surface area contributed by atoms with Gasteiger partial charge < -0.3 is 10.6 Å². The fourth-order valence-electron chi connectivity index (χ4n) is 3.12. The molecule has 94 valence electrons. The highest BCUT2D eigenvalue weighted by atomic mass is 15.2. The van der Waals surface area contributed by atoms with Crippen LogP contribution in [0.2, 0.25) is 0 Å². The highest BCUT2D eigenvalue weighted by Gasteiger charge is 2.30. The van der Waals surface area contributed by atoms with Gasteiger partial charge in [0.25, 0.3) is 0 Å². The zero-order valence-corrected chi connectivity index (χ0v) is 10.7. The van der Waals surface area contributed by atoms with E-state index in [0.29, 0.717) is 12.1 Å². The lowest BCUT2D eigenvalue weighted by atomic mass is 9.98. The average Bonchev–Trinajstić information content (AvgIpc) is 2.58. The zero-order chi connectivity index (χ0) is 11.4. The normalized spacial score (nSPS) is 34.9. The van der Waals surface area contributed by atoms with Crippen LogP contribution in [0.3, 0.4) is 0 Å². The number of hydrogen-bond donors (Lipinski definition) is 1. The number of nitrogens with zero attached hydrogens (tertiary/aromatic N) is 2. The predicted molar refractivity (Wildman–Crippen MR) is 68.5 cm³/mol. The first-order valence-electron chi connectivity index (χ1n) is 7.03. The van der Waals surface area contributed by atoms with E-state index in [4.69, 9.17) is 5.73 Å². The van der Waals surface area contributed by atoms with Crippen LogP contribution in [0, 0.1) is 0 Å². The van der Waals surface area contributed by atoms with Gasteiger partial charge in [0.1, 0.15) is 0 Å². The lowest BCUT2D eigenvalue weighted by Gasteiger charge is -2.42. The fraction of sp³-hybridized carbons (Fsp3) is 1.00. The Morgan fingerprint density at radius 1 is 1.06 bits per heavy atom. The summed E-state index contributed by atoms with van der Waals surface area (Å²) in [6, 6.07) is 1.02. The summed E-state index contributed by atoms with van der Waals surface area (Å²) in [5.41, 5.74) is 6.31. The van der Waals surface area contributed by atoms with Crippen LogP contribution in [0.1, 0.15) is 39.0 Å². The summed E-state index contributed by atoms with van der Waals surface area (Å²) in [4.78, 5) is 5.22. The minimum atomic E-state index is 0.404. The van der Waals surface area contributed by atoms with Gasteiger partial charge in [-0.2, -0.15) is 0 Å². The lowest BCUT2D eigenvalue weighted by molar-refractivity contribution is 0.0868. The van der Waals surface area contributed by atoms with Crippen molar-refractivity contribution in [1.82, 2.24) is 9.80 Å². The van der Waals surface area contributed by atoms with Gasteiger partial charge in [-0.3, -0.25) is 4.90 Å². The molecule has 0 aromatic rings. The Hall–Kier alpha value is -0.120. The molecule has 2 heterocycles. The molecule has 0 radical (unpaired) electrons. The molecule has 16 heavy (non-hydrogen) atoms. The topological polar surface area (TPSA) is 32.5 Å². The SMILES string of the molecule is CCN1CCC(N)C(N2CCCCCC2)C1. The minimum absolute atomic E-state index is 0.404. The number of likely N-dealkylation sites (N-methyl/N-ethyl adjacent to an activating group) is 1. The molecule has 0 aromatic heterocycles. The van der Waals surface area contributed by atoms with Crippen LogP contribution in [0.4, 0.5) is 0 Å². The van der Waals surface area contributed by atoms with Crippen molar-refractivity contribution in [1.29, 1.82) is 0 Å². The summed E-state index contributed by atoms with van der Waals surface area (Å²) >= 11 is 0. The van der Waals surface area contributed by atoms with Gasteiger partial charge in [-0.1, -0.05) is 19.8 Å². The van der Waals surface area contributed by atoms with Crippen molar-refractivity contribution in [3.63, 3.8) is 0 Å². The first-order chi connectivity index (χ1) is 7.81. The van der Waals surface area contributed by atoms with Gasteiger partial charge in [0, 0.05) is 18.6 Å². The van der Waals surface area contributed by atoms with Gasteiger partial charge in [-0.15, -0.1) is 0 Å². The van der Waals surface area contributed by atoms with E-state index in [9.17, 15) is 0 Å². The molecule has 2 saturated heterocycles. The van der Waals surface area contributed by atoms with Crippen LogP contribution in [0.25, 0.3) is 0 Å². The second kappa shape index (κ2) is 5.99. The highest BCUT2D eigenvalue weighted by Crippen LogP contribution is 2.19. The predicted octanol–water partition coefficient (Wildman–Crippen LogP) is 1.28. The van der Waals surface area contributed by atoms with Crippen molar-refractivity contribution in [3.8, 4) is 0 Å². The smallest absolute Gasteiger partial charge is 0.0374 e. The van der Waals surface area contributed by atoms with Crippen molar-refractivity contribution >= 4 is 0 Å². The minimum Gasteiger partial charge on any atom is -0.326 e. The standard InChI is InChI=1S/C13H27N3/c1-2-15-10-7-12(14)13(11-15)16-8-5-3-4-6-9-16/h12-13H,2-11,14H2,1H3. The molecule has 3 heteroatoms. The largest absolute Gasteiger partial charge is 0.326 e. The average molecular weight is 225 g/mol. The zero-order valence-electron chi connectivity index (χ0n) is 10.7. The van der Waals surface area contributed by atoms with E-state index in [-0.39, 0.29) is 0 Å². The molecule has 0 amide bonds. The number of piperidine rings is 1. The molecule has 2 aliphatic heterocycles. The van der Waals surface area contributed by atoms with Gasteiger partial charge in [0.15, 0.2) is 0 Å². The molecule has 2 unspecified atom stereocenters. The fourth-order valence-corrected chi connectivity index (χ4v) is 3.12. The summed E-state index contributed by atoms with van der Waals surface area (Å²) in [5, 5.41) is 0. The third-order valence-corrected chi connectivity index (χ3v) is 4.28. The Morgan fingerprint density at radius 3 is 2.38 bits per heavy atom. The number of hydrogen-bond acceptors (Lipinski definition) is 3. The van der Waals surface area contributed by atoms with E-state index in [2.05, 4.69) is 16.7 Å². The third kappa shape index (κ3) is 2.96. The molecule has 3 nitrogen and oxygen atoms in total. The van der Waals surface area contributed by atoms with Crippen LogP contribution in [-0.4, -0.2) is 54.6 Å². The first-order valence-corrected chi connectivity index (χ1v) is 7.03. The van der Waals surface area contributed by atoms with Crippen molar-refractivity contribution < 1.29 is 0 Å². The molecule has 2 fully saturated rings. The Labute approximate surface area is 100.0 Å². The van der Waals surface area contributed by atoms with Crippen LogP contribution in [0.15, 0.2) is 0 Å². The van der Waals surface area contributed by atoms with Crippen LogP contribution in [0.5, 0.6) is 0 Å². The summed E-state index contributed by atoms with van der Waals surface area (Å²) < 4.78 is 0. The monoisotopic (exact) mass is 225 g/mol. The van der Waals surface area contributed by atoms with E-state index >= 15 is 0 Å². The van der Waals surface area contributed by atoms with Crippen molar-refractivity contribution in [2.75, 3.05) is 32.7 Å². The van der Waals surface area contributed by atoms with Crippen molar-refractivity contribution in [2.24, 2.45) is 5.73 Å². The second-order valence-corrected chi connectivity index (χ2v) is 5.36. The summed E-state index contributed by atoms with van der Waals surface area (Å²) in [5.74, 6) is 0. The van der Waals surface area contributed by atoms with E-state index in [1.165, 1.54) is 64.8 Å². The lowest BCUT2D eigenvalue weighted by Crippen LogP contribution is -2.58. The third-order valence-electron chi connectivity index (χ3n) is 4.28. The quantitative estimate of drug-likeness (QED) is 0.768. The summed E-state index contributed by atoms with van der Waals surface area (Å²) in [7, 11) is 0. The Balaban J connectivity index is 1.93. The first kappa shape index (κ1) is 12.3. The molecule has 0 bridgehead atoms. The summed E-state index contributed by atoms with van der Waals surface area (Å²) in [6.45, 7) is 8.37. The van der Waals surface area contributed by atoms with Crippen LogP contribution in [-0.2, 0) is 0 Å². The number of rotatable bonds is 2. The van der Waals surface area contributed by atoms with E-state index < -0.39 is 0 Å². The van der Waals surface area contributed by atoms with Gasteiger partial charge in [-0.25, -0.2) is 0 Å². The molecule has 0 spiro atoms. The Morgan fingerprint density at radius 2 is 1.75 bits per heavy atom. The maximum absolute atomic E-state index is 6.31. The maximum Gasteiger partial charge on any atom is 0.0374 e. The molecule has 0 aliphatic carbocycles. The Kier molecular flexibility index (Phi) is 4.62. The van der Waals surface area contributed by atoms with Gasteiger partial charge in [0.05, 0.1) is 0 Å². The Bertz CT molecular complexity index is 199. The maximum atomic E-state index is 6.31. The van der Waals surface area contributed by atoms with E-state index in [1.807, 2.05) is 0 Å². The van der Waals surface area contributed by atoms with Crippen LogP contribution < -0.4 is 5.73 Å². The van der Waals surface area contributed by atoms with Crippen molar-refractivity contribution in [2.45, 2.75) is 51.1 Å². The second-order valence-electron chi connectivity index (χ2n) is 5.36. The van der Waals surface area contributed by atoms with Crippen LogP contribution >= 0.6 is 0 Å². The molecular formula is C13H27N3.